The molecule has 0 bridgehead atoms. The van der Waals surface area contributed by atoms with Crippen LogP contribution in [0.15, 0.2) is 60.7 Å². The SMILES string of the molecule is CCOc1cc(C(CS(C)(=O)=O)N(C)C(=O)c2cc(N3CCC(CN4CCC(C5CCN(c6ccc(C7CCC(=O)NC7=O)cc6)CC5)CC4)CC3)ccc2C=O)ccc1OC. The molecule has 13 nitrogen and oxygen atoms in total. The summed E-state index contributed by atoms with van der Waals surface area (Å²) in [6.45, 7) is 9.42. The minimum atomic E-state index is -3.52. The molecule has 0 aliphatic carbocycles. The third-order valence-electron chi connectivity index (χ3n) is 13.7. The first-order chi connectivity index (χ1) is 29.8. The van der Waals surface area contributed by atoms with Gasteiger partial charge in [-0.05, 0) is 136 Å². The van der Waals surface area contributed by atoms with Crippen LogP contribution in [0.4, 0.5) is 11.4 Å². The molecule has 3 aromatic carbocycles. The molecule has 7 rings (SSSR count). The van der Waals surface area contributed by atoms with E-state index in [2.05, 4.69) is 44.3 Å². The summed E-state index contributed by atoms with van der Waals surface area (Å²) in [6, 6.07) is 18.1. The highest BCUT2D eigenvalue weighted by Crippen LogP contribution is 2.37. The number of nitrogens with zero attached hydrogens (tertiary/aromatic N) is 4. The fourth-order valence-corrected chi connectivity index (χ4v) is 11.1. The second kappa shape index (κ2) is 20.0. The Morgan fingerprint density at radius 2 is 1.47 bits per heavy atom. The number of nitrogens with one attached hydrogen (secondary N) is 1. The van der Waals surface area contributed by atoms with E-state index in [1.54, 1.807) is 37.4 Å². The molecule has 4 fully saturated rings. The van der Waals surface area contributed by atoms with Gasteiger partial charge in [-0.1, -0.05) is 18.2 Å². The average molecular weight is 870 g/mol. The summed E-state index contributed by atoms with van der Waals surface area (Å²) in [5, 5.41) is 2.47. The Morgan fingerprint density at radius 3 is 2.08 bits per heavy atom. The third kappa shape index (κ3) is 10.8. The van der Waals surface area contributed by atoms with Crippen molar-refractivity contribution in [2.75, 3.05) is 88.4 Å². The number of sulfone groups is 1. The zero-order valence-electron chi connectivity index (χ0n) is 36.7. The minimum Gasteiger partial charge on any atom is -0.493 e. The number of carbonyl (C=O) groups excluding carboxylic acids is 4. The van der Waals surface area contributed by atoms with Crippen molar-refractivity contribution in [3.05, 3.63) is 82.9 Å². The lowest BCUT2D eigenvalue weighted by molar-refractivity contribution is -0.134. The second-order valence-corrected chi connectivity index (χ2v) is 19.9. The number of hydrogen-bond donors (Lipinski definition) is 1. The number of hydrogen-bond acceptors (Lipinski definition) is 11. The van der Waals surface area contributed by atoms with Crippen LogP contribution >= 0.6 is 0 Å². The Balaban J connectivity index is 0.891. The van der Waals surface area contributed by atoms with E-state index in [-0.39, 0.29) is 34.6 Å². The van der Waals surface area contributed by atoms with Crippen LogP contribution in [-0.4, -0.2) is 121 Å². The van der Waals surface area contributed by atoms with Crippen molar-refractivity contribution < 1.29 is 37.1 Å². The number of imide groups is 1. The Labute approximate surface area is 367 Å². The van der Waals surface area contributed by atoms with Gasteiger partial charge in [0.15, 0.2) is 17.8 Å². The van der Waals surface area contributed by atoms with Crippen LogP contribution in [0.1, 0.15) is 102 Å². The van der Waals surface area contributed by atoms with Crippen LogP contribution in [0, 0.1) is 17.8 Å². The summed E-state index contributed by atoms with van der Waals surface area (Å²) in [7, 11) is -0.405. The number of amides is 3. The van der Waals surface area contributed by atoms with Gasteiger partial charge in [0.1, 0.15) is 9.84 Å². The molecule has 4 heterocycles. The Kier molecular flexibility index (Phi) is 14.6. The van der Waals surface area contributed by atoms with Crippen LogP contribution in [0.25, 0.3) is 0 Å². The van der Waals surface area contributed by atoms with Gasteiger partial charge in [0.25, 0.3) is 5.91 Å². The maximum atomic E-state index is 14.2. The van der Waals surface area contributed by atoms with Gasteiger partial charge in [0.2, 0.25) is 11.8 Å². The van der Waals surface area contributed by atoms with E-state index >= 15 is 0 Å². The van der Waals surface area contributed by atoms with E-state index in [1.165, 1.54) is 43.4 Å². The van der Waals surface area contributed by atoms with E-state index in [4.69, 9.17) is 9.47 Å². The molecule has 4 saturated heterocycles. The van der Waals surface area contributed by atoms with Gasteiger partial charge in [0.05, 0.1) is 37.0 Å². The van der Waals surface area contributed by atoms with Crippen molar-refractivity contribution in [2.45, 2.75) is 70.3 Å². The largest absolute Gasteiger partial charge is 0.493 e. The molecule has 334 valence electrons. The van der Waals surface area contributed by atoms with Crippen LogP contribution in [0.2, 0.25) is 0 Å². The van der Waals surface area contributed by atoms with Crippen molar-refractivity contribution in [3.8, 4) is 11.5 Å². The molecule has 62 heavy (non-hydrogen) atoms. The molecular weight excluding hydrogens is 807 g/mol. The van der Waals surface area contributed by atoms with Crippen molar-refractivity contribution in [1.82, 2.24) is 15.1 Å². The molecule has 2 unspecified atom stereocenters. The molecule has 0 saturated carbocycles. The van der Waals surface area contributed by atoms with E-state index in [0.29, 0.717) is 48.7 Å². The molecule has 0 aromatic heterocycles. The van der Waals surface area contributed by atoms with Crippen molar-refractivity contribution in [1.29, 1.82) is 0 Å². The highest BCUT2D eigenvalue weighted by atomic mass is 32.2. The fraction of sp³-hybridized carbons (Fsp3) is 0.542. The first-order valence-electron chi connectivity index (χ1n) is 22.3. The third-order valence-corrected chi connectivity index (χ3v) is 14.7. The topological polar surface area (TPSA) is 146 Å². The Bertz CT molecular complexity index is 2170. The summed E-state index contributed by atoms with van der Waals surface area (Å²) in [5.74, 6) is 1.72. The normalized spacial score (nSPS) is 20.4. The fourth-order valence-electron chi connectivity index (χ4n) is 10.2. The highest BCUT2D eigenvalue weighted by Gasteiger charge is 2.33. The van der Waals surface area contributed by atoms with E-state index in [9.17, 15) is 27.6 Å². The first kappa shape index (κ1) is 45.1. The maximum Gasteiger partial charge on any atom is 0.254 e. The second-order valence-electron chi connectivity index (χ2n) is 17.7. The number of methoxy groups -OCH3 is 1. The summed E-state index contributed by atoms with van der Waals surface area (Å²) in [6.07, 6.45) is 9.78. The number of rotatable bonds is 15. The van der Waals surface area contributed by atoms with Gasteiger partial charge in [-0.15, -0.1) is 0 Å². The number of anilines is 2. The molecule has 4 aliphatic rings. The van der Waals surface area contributed by atoms with Crippen LogP contribution in [0.5, 0.6) is 11.5 Å². The van der Waals surface area contributed by atoms with Gasteiger partial charge >= 0.3 is 0 Å². The number of piperidine rings is 4. The van der Waals surface area contributed by atoms with E-state index < -0.39 is 21.8 Å². The molecule has 3 amide bonds. The molecule has 0 radical (unpaired) electrons. The first-order valence-corrected chi connectivity index (χ1v) is 24.4. The highest BCUT2D eigenvalue weighted by molar-refractivity contribution is 7.90. The maximum absolute atomic E-state index is 14.2. The molecule has 0 spiro atoms. The molecule has 14 heteroatoms. The minimum absolute atomic E-state index is 0.183. The molecule has 3 aromatic rings. The van der Waals surface area contributed by atoms with Crippen LogP contribution in [-0.2, 0) is 19.4 Å². The summed E-state index contributed by atoms with van der Waals surface area (Å²) in [5.41, 5.74) is 4.15. The van der Waals surface area contributed by atoms with E-state index in [0.717, 1.165) is 88.0 Å². The lowest BCUT2D eigenvalue weighted by Gasteiger charge is -2.42. The Morgan fingerprint density at radius 1 is 0.839 bits per heavy atom. The van der Waals surface area contributed by atoms with Crippen LogP contribution < -0.4 is 24.6 Å². The summed E-state index contributed by atoms with van der Waals surface area (Å²) >= 11 is 0. The average Bonchev–Trinajstić information content (AvgIpc) is 3.28. The van der Waals surface area contributed by atoms with Crippen molar-refractivity contribution in [3.63, 3.8) is 0 Å². The number of aldehydes is 1. The zero-order valence-corrected chi connectivity index (χ0v) is 37.5. The standard InChI is InChI=1S/C48H63N5O8S/c1-5-61-45-28-37(9-14-44(45)60-3)43(32-62(4,58)59)50(2)48(57)42-29-40(12-8-38(42)31-54)53-24-16-33(17-25-53)30-51-22-18-34(19-23-51)35-20-26-52(27-21-35)39-10-6-36(7-11-39)41-13-15-46(55)49-47(41)56/h6-12,14,28-29,31,33-35,41,43H,5,13,15-27,30,32H2,1-4H3,(H,49,55,56). The van der Waals surface area contributed by atoms with Gasteiger partial charge in [-0.25, -0.2) is 8.42 Å². The molecule has 1 N–H and O–H groups in total. The number of carbonyl (C=O) groups is 4. The van der Waals surface area contributed by atoms with Gasteiger partial charge in [-0.3, -0.25) is 24.5 Å². The molecular formula is C48H63N5O8S. The van der Waals surface area contributed by atoms with E-state index in [1.807, 2.05) is 13.0 Å². The van der Waals surface area contributed by atoms with Crippen molar-refractivity contribution >= 4 is 45.2 Å². The predicted octanol–water partition coefficient (Wildman–Crippen LogP) is 6.13. The Hall–Kier alpha value is -4.95. The molecule has 4 aliphatic heterocycles. The molecule has 2 atom stereocenters. The van der Waals surface area contributed by atoms with Crippen molar-refractivity contribution in [2.24, 2.45) is 17.8 Å². The quantitative estimate of drug-likeness (QED) is 0.139. The lowest BCUT2D eigenvalue weighted by Crippen LogP contribution is -2.44. The monoisotopic (exact) mass is 869 g/mol. The summed E-state index contributed by atoms with van der Waals surface area (Å²) < 4.78 is 36.5. The van der Waals surface area contributed by atoms with Gasteiger partial charge < -0.3 is 29.1 Å². The van der Waals surface area contributed by atoms with Crippen LogP contribution in [0.3, 0.4) is 0 Å². The lowest BCUT2D eigenvalue weighted by atomic mass is 9.78. The smallest absolute Gasteiger partial charge is 0.254 e. The number of likely N-dealkylation sites (tertiary alicyclic amines) is 1. The predicted molar refractivity (Wildman–Crippen MR) is 241 cm³/mol. The zero-order chi connectivity index (χ0) is 44.0. The number of ether oxygens (including phenoxy) is 2. The van der Waals surface area contributed by atoms with Gasteiger partial charge in [0, 0.05) is 69.4 Å². The summed E-state index contributed by atoms with van der Waals surface area (Å²) in [4.78, 5) is 59.2. The van der Waals surface area contributed by atoms with Gasteiger partial charge in [-0.2, -0.15) is 0 Å². The number of benzene rings is 3.